The fraction of sp³-hybridized carbons (Fsp3) is 0.154. The second kappa shape index (κ2) is 5.55. The molecule has 0 aliphatic carbocycles. The summed E-state index contributed by atoms with van der Waals surface area (Å²) in [5.74, 6) is 0. The molecule has 0 atom stereocenters. The van der Waals surface area contributed by atoms with Crippen molar-refractivity contribution in [3.05, 3.63) is 53.6 Å². The highest BCUT2D eigenvalue weighted by Crippen LogP contribution is 2.14. The van der Waals surface area contributed by atoms with Crippen LogP contribution in [-0.2, 0) is 6.54 Å². The molecule has 0 bridgehead atoms. The third-order valence-corrected chi connectivity index (χ3v) is 2.87. The first-order chi connectivity index (χ1) is 8.68. The molecular weight excluding hydrogens is 244 g/mol. The molecule has 0 aliphatic heterocycles. The van der Waals surface area contributed by atoms with E-state index in [2.05, 4.69) is 15.3 Å². The van der Waals surface area contributed by atoms with Crippen LogP contribution in [0.2, 0.25) is 0 Å². The number of thiocarbonyl (C=S) groups is 1. The van der Waals surface area contributed by atoms with E-state index in [4.69, 9.17) is 18.0 Å². The van der Waals surface area contributed by atoms with Crippen molar-refractivity contribution in [2.24, 2.45) is 5.73 Å². The molecule has 0 aliphatic rings. The Labute approximate surface area is 111 Å². The van der Waals surface area contributed by atoms with Gasteiger partial charge >= 0.3 is 0 Å². The summed E-state index contributed by atoms with van der Waals surface area (Å²) >= 11 is 5.00. The van der Waals surface area contributed by atoms with Crippen LogP contribution in [0.3, 0.4) is 0 Å². The van der Waals surface area contributed by atoms with Crippen LogP contribution in [0, 0.1) is 6.92 Å². The summed E-state index contributed by atoms with van der Waals surface area (Å²) in [6.07, 6.45) is 5.17. The first-order valence-electron chi connectivity index (χ1n) is 5.56. The van der Waals surface area contributed by atoms with Crippen LogP contribution in [-0.4, -0.2) is 15.0 Å². The number of hydrogen-bond donors (Lipinski definition) is 2. The average molecular weight is 258 g/mol. The van der Waals surface area contributed by atoms with Crippen molar-refractivity contribution in [2.75, 3.05) is 5.32 Å². The van der Waals surface area contributed by atoms with Gasteiger partial charge in [-0.2, -0.15) is 0 Å². The number of pyridine rings is 2. The van der Waals surface area contributed by atoms with Gasteiger partial charge in [0, 0.05) is 18.0 Å². The minimum atomic E-state index is 0.359. The lowest BCUT2D eigenvalue weighted by Gasteiger charge is -2.11. The minimum absolute atomic E-state index is 0.359. The van der Waals surface area contributed by atoms with E-state index in [1.807, 2.05) is 19.1 Å². The first-order valence-corrected chi connectivity index (χ1v) is 5.97. The van der Waals surface area contributed by atoms with Gasteiger partial charge < -0.3 is 11.1 Å². The van der Waals surface area contributed by atoms with Gasteiger partial charge in [0.1, 0.15) is 4.99 Å². The van der Waals surface area contributed by atoms with E-state index in [1.54, 1.807) is 24.7 Å². The molecule has 3 N–H and O–H groups in total. The maximum Gasteiger partial charge on any atom is 0.106 e. The normalized spacial score (nSPS) is 10.1. The van der Waals surface area contributed by atoms with Crippen LogP contribution in [0.1, 0.15) is 16.8 Å². The Kier molecular flexibility index (Phi) is 3.84. The van der Waals surface area contributed by atoms with Gasteiger partial charge in [0.25, 0.3) is 0 Å². The Bertz CT molecular complexity index is 568. The first kappa shape index (κ1) is 12.4. The summed E-state index contributed by atoms with van der Waals surface area (Å²) in [6, 6.07) is 5.75. The number of anilines is 1. The lowest BCUT2D eigenvalue weighted by molar-refractivity contribution is 1.01. The Balaban J connectivity index is 2.16. The third-order valence-electron chi connectivity index (χ3n) is 2.65. The van der Waals surface area contributed by atoms with Gasteiger partial charge in [-0.3, -0.25) is 9.97 Å². The Hall–Kier alpha value is -2.01. The van der Waals surface area contributed by atoms with Crippen molar-refractivity contribution in [1.82, 2.24) is 9.97 Å². The summed E-state index contributed by atoms with van der Waals surface area (Å²) in [7, 11) is 0. The molecule has 2 heterocycles. The molecule has 5 heteroatoms. The van der Waals surface area contributed by atoms with E-state index < -0.39 is 0 Å². The molecule has 0 radical (unpaired) electrons. The van der Waals surface area contributed by atoms with Crippen molar-refractivity contribution >= 4 is 22.9 Å². The Morgan fingerprint density at radius 3 is 2.94 bits per heavy atom. The average Bonchev–Trinajstić information content (AvgIpc) is 2.38. The largest absolute Gasteiger partial charge is 0.389 e. The topological polar surface area (TPSA) is 63.8 Å². The maximum atomic E-state index is 5.66. The van der Waals surface area contributed by atoms with Gasteiger partial charge in [-0.05, 0) is 24.6 Å². The van der Waals surface area contributed by atoms with E-state index in [0.717, 1.165) is 22.5 Å². The van der Waals surface area contributed by atoms with Crippen LogP contribution in [0.5, 0.6) is 0 Å². The number of rotatable bonds is 4. The van der Waals surface area contributed by atoms with Crippen molar-refractivity contribution in [3.63, 3.8) is 0 Å². The standard InChI is InChI=1S/C13H14N4S/c1-9-3-2-5-16-11(9)8-17-12-7-15-6-4-10(12)13(14)18/h2-7,17H,8H2,1H3,(H2,14,18). The van der Waals surface area contributed by atoms with E-state index in [1.165, 1.54) is 0 Å². The highest BCUT2D eigenvalue weighted by atomic mass is 32.1. The van der Waals surface area contributed by atoms with Crippen molar-refractivity contribution in [1.29, 1.82) is 0 Å². The molecule has 0 spiro atoms. The lowest BCUT2D eigenvalue weighted by atomic mass is 10.2. The zero-order chi connectivity index (χ0) is 13.0. The molecule has 0 amide bonds. The molecule has 0 saturated heterocycles. The number of nitrogens with one attached hydrogen (secondary N) is 1. The minimum Gasteiger partial charge on any atom is -0.389 e. The number of nitrogens with two attached hydrogens (primary N) is 1. The van der Waals surface area contributed by atoms with Crippen molar-refractivity contribution < 1.29 is 0 Å². The highest BCUT2D eigenvalue weighted by Gasteiger charge is 2.05. The van der Waals surface area contributed by atoms with E-state index in [-0.39, 0.29) is 0 Å². The molecule has 2 aromatic heterocycles. The SMILES string of the molecule is Cc1cccnc1CNc1cnccc1C(N)=S. The lowest BCUT2D eigenvalue weighted by Crippen LogP contribution is -2.14. The number of hydrogen-bond acceptors (Lipinski definition) is 4. The number of aromatic nitrogens is 2. The summed E-state index contributed by atoms with van der Waals surface area (Å²) < 4.78 is 0. The van der Waals surface area contributed by atoms with Gasteiger partial charge in [0.2, 0.25) is 0 Å². The summed E-state index contributed by atoms with van der Waals surface area (Å²) in [4.78, 5) is 8.74. The predicted octanol–water partition coefficient (Wildman–Crippen LogP) is 2.03. The van der Waals surface area contributed by atoms with E-state index in [9.17, 15) is 0 Å². The molecule has 4 nitrogen and oxygen atoms in total. The van der Waals surface area contributed by atoms with Crippen LogP contribution in [0.4, 0.5) is 5.69 Å². The Morgan fingerprint density at radius 1 is 1.39 bits per heavy atom. The highest BCUT2D eigenvalue weighted by molar-refractivity contribution is 7.80. The summed E-state index contributed by atoms with van der Waals surface area (Å²) in [6.45, 7) is 2.65. The molecule has 0 fully saturated rings. The molecule has 92 valence electrons. The molecule has 0 unspecified atom stereocenters. The quantitative estimate of drug-likeness (QED) is 0.822. The van der Waals surface area contributed by atoms with Crippen molar-refractivity contribution in [2.45, 2.75) is 13.5 Å². The fourth-order valence-corrected chi connectivity index (χ4v) is 1.81. The Morgan fingerprint density at radius 2 is 2.22 bits per heavy atom. The summed E-state index contributed by atoms with van der Waals surface area (Å²) in [5.41, 5.74) is 9.43. The third kappa shape index (κ3) is 2.81. The van der Waals surface area contributed by atoms with E-state index in [0.29, 0.717) is 11.5 Å². The van der Waals surface area contributed by atoms with Gasteiger partial charge in [0.05, 0.1) is 24.1 Å². The van der Waals surface area contributed by atoms with Gasteiger partial charge in [-0.1, -0.05) is 18.3 Å². The second-order valence-electron chi connectivity index (χ2n) is 3.91. The maximum absolute atomic E-state index is 5.66. The van der Waals surface area contributed by atoms with Crippen LogP contribution in [0.15, 0.2) is 36.8 Å². The number of aryl methyl sites for hydroxylation is 1. The van der Waals surface area contributed by atoms with Crippen LogP contribution >= 0.6 is 12.2 Å². The smallest absolute Gasteiger partial charge is 0.106 e. The van der Waals surface area contributed by atoms with Gasteiger partial charge in [-0.15, -0.1) is 0 Å². The molecule has 0 saturated carbocycles. The summed E-state index contributed by atoms with van der Waals surface area (Å²) in [5, 5.41) is 3.26. The molecule has 2 rings (SSSR count). The van der Waals surface area contributed by atoms with Gasteiger partial charge in [0.15, 0.2) is 0 Å². The molecule has 18 heavy (non-hydrogen) atoms. The zero-order valence-electron chi connectivity index (χ0n) is 10.1. The monoisotopic (exact) mass is 258 g/mol. The zero-order valence-corrected chi connectivity index (χ0v) is 10.9. The van der Waals surface area contributed by atoms with Gasteiger partial charge in [-0.25, -0.2) is 0 Å². The van der Waals surface area contributed by atoms with Crippen LogP contribution in [0.25, 0.3) is 0 Å². The second-order valence-corrected chi connectivity index (χ2v) is 4.35. The van der Waals surface area contributed by atoms with Crippen molar-refractivity contribution in [3.8, 4) is 0 Å². The van der Waals surface area contributed by atoms with Crippen LogP contribution < -0.4 is 11.1 Å². The fourth-order valence-electron chi connectivity index (χ4n) is 1.63. The molecule has 0 aromatic carbocycles. The number of nitrogens with zero attached hydrogens (tertiary/aromatic N) is 2. The molecule has 2 aromatic rings. The molecular formula is C13H14N4S. The predicted molar refractivity (Wildman–Crippen MR) is 76.4 cm³/mol. The van der Waals surface area contributed by atoms with E-state index >= 15 is 0 Å².